The molecule has 4 nitrogen and oxygen atoms in total. The molecule has 19 heavy (non-hydrogen) atoms. The summed E-state index contributed by atoms with van der Waals surface area (Å²) in [6, 6.07) is 7.59. The number of nitrogens with one attached hydrogen (secondary N) is 1. The lowest BCUT2D eigenvalue weighted by molar-refractivity contribution is 0.0462. The van der Waals surface area contributed by atoms with E-state index >= 15 is 0 Å². The molecule has 0 aliphatic carbocycles. The number of nitriles is 1. The van der Waals surface area contributed by atoms with E-state index in [1.54, 1.807) is 12.3 Å². The molecule has 1 aromatic heterocycles. The van der Waals surface area contributed by atoms with Crippen LogP contribution in [0.1, 0.15) is 28.8 Å². The number of fused-ring (bicyclic) bond motifs is 1. The maximum absolute atomic E-state index is 12.5. The molecule has 1 fully saturated rings. The van der Waals surface area contributed by atoms with Gasteiger partial charge in [0.1, 0.15) is 0 Å². The molecule has 96 valence electrons. The van der Waals surface area contributed by atoms with Gasteiger partial charge in [0.15, 0.2) is 5.78 Å². The van der Waals surface area contributed by atoms with E-state index in [1.165, 1.54) is 0 Å². The van der Waals surface area contributed by atoms with Crippen molar-refractivity contribution < 1.29 is 9.53 Å². The molecular weight excluding hydrogens is 240 g/mol. The molecule has 1 unspecified atom stereocenters. The van der Waals surface area contributed by atoms with Gasteiger partial charge in [-0.2, -0.15) is 5.26 Å². The Bertz CT molecular complexity index is 660. The molecule has 0 spiro atoms. The van der Waals surface area contributed by atoms with Gasteiger partial charge in [0, 0.05) is 35.2 Å². The Balaban J connectivity index is 2.05. The number of hydrogen-bond donors (Lipinski definition) is 1. The third-order valence-corrected chi connectivity index (χ3v) is 3.62. The first-order valence-electron chi connectivity index (χ1n) is 6.43. The molecule has 1 aliphatic rings. The Morgan fingerprint density at radius 3 is 3.11 bits per heavy atom. The first-order chi connectivity index (χ1) is 9.31. The fourth-order valence-electron chi connectivity index (χ4n) is 2.64. The summed E-state index contributed by atoms with van der Waals surface area (Å²) in [4.78, 5) is 15.6. The van der Waals surface area contributed by atoms with Crippen LogP contribution in [0.25, 0.3) is 10.9 Å². The van der Waals surface area contributed by atoms with Crippen LogP contribution in [0.15, 0.2) is 24.4 Å². The molecule has 0 bridgehead atoms. The molecule has 2 aromatic rings. The SMILES string of the molecule is N#Cc1cccc2[nH]cc(C(=O)C3CCCOC3)c12. The molecule has 0 amide bonds. The summed E-state index contributed by atoms with van der Waals surface area (Å²) >= 11 is 0. The zero-order chi connectivity index (χ0) is 13.2. The Morgan fingerprint density at radius 1 is 1.47 bits per heavy atom. The molecule has 0 saturated carbocycles. The van der Waals surface area contributed by atoms with Gasteiger partial charge < -0.3 is 9.72 Å². The number of carbonyl (C=O) groups excluding carboxylic acids is 1. The van der Waals surface area contributed by atoms with E-state index in [4.69, 9.17) is 4.74 Å². The lowest BCUT2D eigenvalue weighted by Gasteiger charge is -2.20. The Hall–Kier alpha value is -2.12. The largest absolute Gasteiger partial charge is 0.381 e. The normalized spacial score (nSPS) is 19.2. The maximum atomic E-state index is 12.5. The monoisotopic (exact) mass is 254 g/mol. The highest BCUT2D eigenvalue weighted by atomic mass is 16.5. The van der Waals surface area contributed by atoms with Gasteiger partial charge in [0.2, 0.25) is 0 Å². The second kappa shape index (κ2) is 4.87. The molecule has 0 radical (unpaired) electrons. The van der Waals surface area contributed by atoms with E-state index in [9.17, 15) is 10.1 Å². The van der Waals surface area contributed by atoms with Gasteiger partial charge in [-0.3, -0.25) is 4.79 Å². The fourth-order valence-corrected chi connectivity index (χ4v) is 2.64. The van der Waals surface area contributed by atoms with Crippen molar-refractivity contribution in [3.63, 3.8) is 0 Å². The summed E-state index contributed by atoms with van der Waals surface area (Å²) < 4.78 is 5.37. The number of ether oxygens (including phenoxy) is 1. The van der Waals surface area contributed by atoms with Gasteiger partial charge in [-0.25, -0.2) is 0 Å². The number of aromatic nitrogens is 1. The van der Waals surface area contributed by atoms with Crippen molar-refractivity contribution in [3.8, 4) is 6.07 Å². The van der Waals surface area contributed by atoms with E-state index in [0.717, 1.165) is 30.4 Å². The van der Waals surface area contributed by atoms with Crippen molar-refractivity contribution in [2.24, 2.45) is 5.92 Å². The number of ketones is 1. The number of Topliss-reactive ketones (excluding diaryl/α,β-unsaturated/α-hetero) is 1. The molecule has 1 saturated heterocycles. The summed E-state index contributed by atoms with van der Waals surface area (Å²) in [7, 11) is 0. The first-order valence-corrected chi connectivity index (χ1v) is 6.43. The highest BCUT2D eigenvalue weighted by Crippen LogP contribution is 2.27. The summed E-state index contributed by atoms with van der Waals surface area (Å²) in [6.07, 6.45) is 3.49. The Labute approximate surface area is 111 Å². The van der Waals surface area contributed by atoms with Crippen molar-refractivity contribution in [2.45, 2.75) is 12.8 Å². The number of aromatic amines is 1. The molecule has 4 heteroatoms. The molecule has 1 atom stereocenters. The van der Waals surface area contributed by atoms with Gasteiger partial charge in [0.25, 0.3) is 0 Å². The number of nitrogens with zero attached hydrogens (tertiary/aromatic N) is 1. The number of carbonyl (C=O) groups is 1. The quantitative estimate of drug-likeness (QED) is 0.838. The van der Waals surface area contributed by atoms with Crippen LogP contribution in [-0.4, -0.2) is 24.0 Å². The Kier molecular flexibility index (Phi) is 3.06. The topological polar surface area (TPSA) is 65.9 Å². The zero-order valence-electron chi connectivity index (χ0n) is 10.5. The van der Waals surface area contributed by atoms with E-state index in [2.05, 4.69) is 11.1 Å². The van der Waals surface area contributed by atoms with E-state index in [0.29, 0.717) is 17.7 Å². The van der Waals surface area contributed by atoms with Crippen LogP contribution in [0.4, 0.5) is 0 Å². The standard InChI is InChI=1S/C15H14N2O2/c16-7-10-3-1-5-13-14(10)12(8-17-13)15(18)11-4-2-6-19-9-11/h1,3,5,8,11,17H,2,4,6,9H2. The van der Waals surface area contributed by atoms with E-state index in [1.807, 2.05) is 12.1 Å². The second-order valence-corrected chi connectivity index (χ2v) is 4.82. The number of hydrogen-bond acceptors (Lipinski definition) is 3. The lowest BCUT2D eigenvalue weighted by atomic mass is 9.91. The first kappa shape index (κ1) is 11.9. The van der Waals surface area contributed by atoms with E-state index in [-0.39, 0.29) is 11.7 Å². The minimum atomic E-state index is -0.0838. The minimum absolute atomic E-state index is 0.0775. The second-order valence-electron chi connectivity index (χ2n) is 4.82. The van der Waals surface area contributed by atoms with Gasteiger partial charge in [0.05, 0.1) is 18.2 Å². The summed E-state index contributed by atoms with van der Waals surface area (Å²) in [5.41, 5.74) is 1.99. The van der Waals surface area contributed by atoms with Gasteiger partial charge in [-0.1, -0.05) is 6.07 Å². The molecule has 1 N–H and O–H groups in total. The van der Waals surface area contributed by atoms with Crippen molar-refractivity contribution in [3.05, 3.63) is 35.5 Å². The van der Waals surface area contributed by atoms with Crippen molar-refractivity contribution in [1.82, 2.24) is 4.98 Å². The fraction of sp³-hybridized carbons (Fsp3) is 0.333. The van der Waals surface area contributed by atoms with Crippen LogP contribution < -0.4 is 0 Å². The van der Waals surface area contributed by atoms with Crippen LogP contribution in [-0.2, 0) is 4.74 Å². The van der Waals surface area contributed by atoms with E-state index < -0.39 is 0 Å². The highest BCUT2D eigenvalue weighted by Gasteiger charge is 2.25. The zero-order valence-corrected chi connectivity index (χ0v) is 10.5. The van der Waals surface area contributed by atoms with Crippen molar-refractivity contribution in [1.29, 1.82) is 5.26 Å². The van der Waals surface area contributed by atoms with Crippen LogP contribution in [0.3, 0.4) is 0 Å². The Morgan fingerprint density at radius 2 is 2.37 bits per heavy atom. The lowest BCUT2D eigenvalue weighted by Crippen LogP contribution is -2.25. The predicted molar refractivity (Wildman–Crippen MR) is 70.9 cm³/mol. The molecule has 1 aliphatic heterocycles. The number of benzene rings is 1. The summed E-state index contributed by atoms with van der Waals surface area (Å²) in [6.45, 7) is 1.22. The van der Waals surface area contributed by atoms with Crippen LogP contribution in [0, 0.1) is 17.2 Å². The van der Waals surface area contributed by atoms with Crippen LogP contribution in [0.5, 0.6) is 0 Å². The molecule has 2 heterocycles. The third-order valence-electron chi connectivity index (χ3n) is 3.62. The summed E-state index contributed by atoms with van der Waals surface area (Å²) in [5.74, 6) is -0.00634. The predicted octanol–water partition coefficient (Wildman–Crippen LogP) is 2.65. The molecule has 3 rings (SSSR count). The number of rotatable bonds is 2. The van der Waals surface area contributed by atoms with Gasteiger partial charge >= 0.3 is 0 Å². The molecular formula is C15H14N2O2. The van der Waals surface area contributed by atoms with Gasteiger partial charge in [-0.15, -0.1) is 0 Å². The molecule has 1 aromatic carbocycles. The maximum Gasteiger partial charge on any atom is 0.170 e. The average Bonchev–Trinajstić information content (AvgIpc) is 2.91. The van der Waals surface area contributed by atoms with Crippen molar-refractivity contribution >= 4 is 16.7 Å². The highest BCUT2D eigenvalue weighted by molar-refractivity contribution is 6.10. The average molecular weight is 254 g/mol. The summed E-state index contributed by atoms with van der Waals surface area (Å²) in [5, 5.41) is 9.91. The smallest absolute Gasteiger partial charge is 0.170 e. The van der Waals surface area contributed by atoms with Crippen LogP contribution >= 0.6 is 0 Å². The van der Waals surface area contributed by atoms with Crippen LogP contribution in [0.2, 0.25) is 0 Å². The number of H-pyrrole nitrogens is 1. The third kappa shape index (κ3) is 2.02. The minimum Gasteiger partial charge on any atom is -0.381 e. The van der Waals surface area contributed by atoms with Gasteiger partial charge in [-0.05, 0) is 25.0 Å². The van der Waals surface area contributed by atoms with Crippen molar-refractivity contribution in [2.75, 3.05) is 13.2 Å².